The molecule has 2 heterocycles. The lowest BCUT2D eigenvalue weighted by molar-refractivity contribution is -0.159. The molecule has 2 aliphatic heterocycles. The monoisotopic (exact) mass is 549 g/mol. The van der Waals surface area contributed by atoms with Crippen molar-refractivity contribution in [2.45, 2.75) is 109 Å². The van der Waals surface area contributed by atoms with E-state index in [2.05, 4.69) is 15.1 Å². The Balaban J connectivity index is 1.23. The number of carboxylic acid groups (broad SMARTS) is 1. The van der Waals surface area contributed by atoms with Gasteiger partial charge in [0, 0.05) is 38.1 Å². The second-order valence-electron chi connectivity index (χ2n) is 14.0. The van der Waals surface area contributed by atoms with Gasteiger partial charge >= 0.3 is 12.1 Å². The molecule has 0 bridgehead atoms. The number of amides is 2. The van der Waals surface area contributed by atoms with E-state index in [0.717, 1.165) is 71.0 Å². The van der Waals surface area contributed by atoms with E-state index in [1.54, 1.807) is 0 Å². The molecule has 222 valence electrons. The minimum atomic E-state index is -1.77. The number of hydrogen-bond acceptors (Lipinski definition) is 6. The van der Waals surface area contributed by atoms with Gasteiger partial charge in [-0.05, 0) is 109 Å². The standard InChI is InChI=1S/C30H51N3O6/c1-29(2,3)39-28(37)31-18-20-6-5-7-23(16-20)21-10-13-32(14-11-21)26(34)24-9-8-22-12-15-33(25(22)17-24)19-30(4,38)27(35)36/h20-25,38H,5-19H2,1-4H3,(H,31,37)(H,35,36). The summed E-state index contributed by atoms with van der Waals surface area (Å²) in [6, 6.07) is 0.185. The zero-order chi connectivity index (χ0) is 28.4. The molecule has 0 aromatic carbocycles. The van der Waals surface area contributed by atoms with E-state index in [0.29, 0.717) is 30.2 Å². The molecule has 0 spiro atoms. The minimum absolute atomic E-state index is 0.00355. The second kappa shape index (κ2) is 12.3. The van der Waals surface area contributed by atoms with Crippen LogP contribution in [-0.2, 0) is 14.3 Å². The Labute approximate surface area is 234 Å². The van der Waals surface area contributed by atoms with Crippen molar-refractivity contribution in [1.82, 2.24) is 15.1 Å². The molecule has 0 aromatic rings. The fourth-order valence-corrected chi connectivity index (χ4v) is 7.71. The van der Waals surface area contributed by atoms with Crippen LogP contribution in [0.1, 0.15) is 91.9 Å². The lowest BCUT2D eigenvalue weighted by Gasteiger charge is -2.42. The Morgan fingerprint density at radius 3 is 2.23 bits per heavy atom. The number of ether oxygens (including phenoxy) is 1. The molecule has 3 N–H and O–H groups in total. The van der Waals surface area contributed by atoms with Crippen molar-refractivity contribution in [3.8, 4) is 0 Å². The Morgan fingerprint density at radius 2 is 1.56 bits per heavy atom. The van der Waals surface area contributed by atoms with Crippen LogP contribution in [0.4, 0.5) is 4.79 Å². The van der Waals surface area contributed by atoms with E-state index < -0.39 is 17.2 Å². The molecule has 2 amide bonds. The summed E-state index contributed by atoms with van der Waals surface area (Å²) in [5.74, 6) is 1.35. The normalized spacial score (nSPS) is 32.2. The van der Waals surface area contributed by atoms with E-state index in [9.17, 15) is 24.6 Å². The highest BCUT2D eigenvalue weighted by Crippen LogP contribution is 2.42. The molecule has 0 aromatic heterocycles. The number of carbonyl (C=O) groups excluding carboxylic acids is 2. The number of nitrogens with one attached hydrogen (secondary N) is 1. The highest BCUT2D eigenvalue weighted by molar-refractivity contribution is 5.79. The Morgan fingerprint density at radius 1 is 0.872 bits per heavy atom. The van der Waals surface area contributed by atoms with Gasteiger partial charge in [0.25, 0.3) is 0 Å². The Bertz CT molecular complexity index is 878. The molecular weight excluding hydrogens is 498 g/mol. The van der Waals surface area contributed by atoms with Crippen molar-refractivity contribution >= 4 is 18.0 Å². The maximum atomic E-state index is 13.5. The largest absolute Gasteiger partial charge is 0.479 e. The van der Waals surface area contributed by atoms with E-state index >= 15 is 0 Å². The minimum Gasteiger partial charge on any atom is -0.479 e. The van der Waals surface area contributed by atoms with E-state index in [1.165, 1.54) is 19.8 Å². The van der Waals surface area contributed by atoms with Crippen LogP contribution in [0.3, 0.4) is 0 Å². The number of likely N-dealkylation sites (tertiary alicyclic amines) is 2. The lowest BCUT2D eigenvalue weighted by atomic mass is 9.72. The third kappa shape index (κ3) is 7.87. The third-order valence-corrected chi connectivity index (χ3v) is 9.81. The van der Waals surface area contributed by atoms with Crippen molar-refractivity contribution in [2.75, 3.05) is 32.7 Å². The number of hydrogen-bond donors (Lipinski definition) is 3. The topological polar surface area (TPSA) is 119 Å². The quantitative estimate of drug-likeness (QED) is 0.441. The van der Waals surface area contributed by atoms with E-state index in [4.69, 9.17) is 4.74 Å². The number of piperidine rings is 1. The van der Waals surface area contributed by atoms with Crippen LogP contribution >= 0.6 is 0 Å². The molecule has 6 unspecified atom stereocenters. The average molecular weight is 550 g/mol. The van der Waals surface area contributed by atoms with Crippen molar-refractivity contribution in [3.05, 3.63) is 0 Å². The van der Waals surface area contributed by atoms with Gasteiger partial charge in [0.05, 0.1) is 0 Å². The van der Waals surface area contributed by atoms with E-state index in [1.807, 2.05) is 20.8 Å². The summed E-state index contributed by atoms with van der Waals surface area (Å²) in [5.41, 5.74) is -2.25. The molecule has 4 rings (SSSR count). The molecule has 9 nitrogen and oxygen atoms in total. The number of β-amino-alcohol motifs (C(OH)–C–C–N with tert-alkyl or cyclic N) is 1. The summed E-state index contributed by atoms with van der Waals surface area (Å²) in [5, 5.41) is 22.7. The zero-order valence-corrected chi connectivity index (χ0v) is 24.5. The molecule has 0 radical (unpaired) electrons. The zero-order valence-electron chi connectivity index (χ0n) is 24.5. The average Bonchev–Trinajstić information content (AvgIpc) is 3.27. The highest BCUT2D eigenvalue weighted by Gasteiger charge is 2.45. The summed E-state index contributed by atoms with van der Waals surface area (Å²) in [7, 11) is 0. The van der Waals surface area contributed by atoms with Crippen LogP contribution in [0.15, 0.2) is 0 Å². The number of nitrogens with zero attached hydrogens (tertiary/aromatic N) is 2. The Kier molecular flexibility index (Phi) is 9.52. The summed E-state index contributed by atoms with van der Waals surface area (Å²) in [6.45, 7) is 10.2. The molecule has 4 fully saturated rings. The first-order chi connectivity index (χ1) is 18.3. The number of rotatable bonds is 7. The van der Waals surface area contributed by atoms with Gasteiger partial charge < -0.3 is 25.2 Å². The number of carbonyl (C=O) groups is 3. The summed E-state index contributed by atoms with van der Waals surface area (Å²) < 4.78 is 5.39. The fraction of sp³-hybridized carbons (Fsp3) is 0.900. The fourth-order valence-electron chi connectivity index (χ4n) is 7.71. The maximum Gasteiger partial charge on any atom is 0.407 e. The van der Waals surface area contributed by atoms with Gasteiger partial charge in [0.1, 0.15) is 5.60 Å². The predicted molar refractivity (Wildman–Crippen MR) is 148 cm³/mol. The summed E-state index contributed by atoms with van der Waals surface area (Å²) in [6.07, 6.45) is 10.2. The molecule has 6 atom stereocenters. The number of aliphatic carboxylic acids is 1. The van der Waals surface area contributed by atoms with Crippen molar-refractivity contribution < 1.29 is 29.3 Å². The molecule has 2 aliphatic carbocycles. The van der Waals surface area contributed by atoms with Gasteiger partial charge in [0.15, 0.2) is 5.60 Å². The smallest absolute Gasteiger partial charge is 0.407 e. The Hall–Kier alpha value is -1.87. The van der Waals surface area contributed by atoms with Crippen LogP contribution in [0.25, 0.3) is 0 Å². The van der Waals surface area contributed by atoms with Crippen LogP contribution in [0.2, 0.25) is 0 Å². The van der Waals surface area contributed by atoms with Gasteiger partial charge in [-0.15, -0.1) is 0 Å². The van der Waals surface area contributed by atoms with Crippen LogP contribution < -0.4 is 5.32 Å². The van der Waals surface area contributed by atoms with Crippen LogP contribution in [0, 0.1) is 29.6 Å². The number of aliphatic hydroxyl groups is 1. The number of alkyl carbamates (subject to hydrolysis) is 1. The first-order valence-electron chi connectivity index (χ1n) is 15.3. The SMILES string of the molecule is CC(C)(C)OC(=O)NCC1CCCC(C2CCN(C(=O)C3CCC4CCN(CC(C)(O)C(=O)O)C4C3)CC2)C1. The van der Waals surface area contributed by atoms with Gasteiger partial charge in [-0.3, -0.25) is 9.69 Å². The van der Waals surface area contributed by atoms with Gasteiger partial charge in [-0.1, -0.05) is 12.8 Å². The van der Waals surface area contributed by atoms with Gasteiger partial charge in [-0.25, -0.2) is 9.59 Å². The molecule has 9 heteroatoms. The molecule has 2 saturated carbocycles. The van der Waals surface area contributed by atoms with Crippen LogP contribution in [-0.4, -0.2) is 88.0 Å². The summed E-state index contributed by atoms with van der Waals surface area (Å²) in [4.78, 5) is 41.3. The molecular formula is C30H51N3O6. The lowest BCUT2D eigenvalue weighted by Crippen LogP contribution is -2.51. The maximum absolute atomic E-state index is 13.5. The highest BCUT2D eigenvalue weighted by atomic mass is 16.6. The first-order valence-corrected chi connectivity index (χ1v) is 15.3. The van der Waals surface area contributed by atoms with Crippen molar-refractivity contribution in [3.63, 3.8) is 0 Å². The number of fused-ring (bicyclic) bond motifs is 1. The predicted octanol–water partition coefficient (Wildman–Crippen LogP) is 3.88. The molecule has 39 heavy (non-hydrogen) atoms. The second-order valence-corrected chi connectivity index (χ2v) is 14.0. The number of carboxylic acids is 1. The van der Waals surface area contributed by atoms with Crippen molar-refractivity contribution in [1.29, 1.82) is 0 Å². The third-order valence-electron chi connectivity index (χ3n) is 9.81. The first kappa shape index (κ1) is 30.1. The van der Waals surface area contributed by atoms with E-state index in [-0.39, 0.29) is 30.5 Å². The summed E-state index contributed by atoms with van der Waals surface area (Å²) >= 11 is 0. The van der Waals surface area contributed by atoms with Crippen LogP contribution in [0.5, 0.6) is 0 Å². The van der Waals surface area contributed by atoms with Gasteiger partial charge in [0.2, 0.25) is 5.91 Å². The van der Waals surface area contributed by atoms with Crippen molar-refractivity contribution in [2.24, 2.45) is 29.6 Å². The molecule has 4 aliphatic rings. The molecule has 2 saturated heterocycles. The van der Waals surface area contributed by atoms with Gasteiger partial charge in [-0.2, -0.15) is 0 Å².